The molecule has 0 bridgehead atoms. The minimum atomic E-state index is -0.619. The maximum Gasteiger partial charge on any atom is 0.338 e. The topological polar surface area (TPSA) is 83.7 Å². The van der Waals surface area contributed by atoms with Crippen LogP contribution in [0.25, 0.3) is 11.4 Å². The van der Waals surface area contributed by atoms with E-state index in [2.05, 4.69) is 10.1 Å². The van der Waals surface area contributed by atoms with E-state index in [9.17, 15) is 9.18 Å². The van der Waals surface area contributed by atoms with E-state index < -0.39 is 11.8 Å². The molecular formula is C18H15FN2O5. The van der Waals surface area contributed by atoms with Crippen molar-refractivity contribution in [3.63, 3.8) is 0 Å². The number of hydrogen-bond donors (Lipinski definition) is 0. The molecule has 0 amide bonds. The minimum Gasteiger partial charge on any atom is -0.497 e. The predicted octanol–water partition coefficient (Wildman–Crippen LogP) is 3.25. The van der Waals surface area contributed by atoms with Crippen LogP contribution < -0.4 is 9.47 Å². The standard InChI is InChI=1S/C18H15FN2O5/c1-23-13-7-8-14(15(9-13)24-2)17-20-16(26-21-17)10-25-18(22)11-3-5-12(19)6-4-11/h3-9H,10H2,1-2H3. The van der Waals surface area contributed by atoms with Crippen LogP contribution in [-0.4, -0.2) is 30.3 Å². The van der Waals surface area contributed by atoms with Gasteiger partial charge in [0.15, 0.2) is 6.61 Å². The van der Waals surface area contributed by atoms with Crippen molar-refractivity contribution in [2.24, 2.45) is 0 Å². The van der Waals surface area contributed by atoms with Crippen LogP contribution in [0.15, 0.2) is 47.0 Å². The first-order valence-corrected chi connectivity index (χ1v) is 7.58. The zero-order valence-corrected chi connectivity index (χ0v) is 14.1. The Kier molecular flexibility index (Phi) is 5.12. The lowest BCUT2D eigenvalue weighted by Gasteiger charge is -2.07. The maximum absolute atomic E-state index is 12.9. The lowest BCUT2D eigenvalue weighted by Crippen LogP contribution is -2.05. The number of ether oxygens (including phenoxy) is 3. The van der Waals surface area contributed by atoms with Crippen molar-refractivity contribution in [2.75, 3.05) is 14.2 Å². The third kappa shape index (κ3) is 3.80. The van der Waals surface area contributed by atoms with E-state index in [1.807, 2.05) is 0 Å². The summed E-state index contributed by atoms with van der Waals surface area (Å²) < 4.78 is 33.5. The van der Waals surface area contributed by atoms with E-state index >= 15 is 0 Å². The van der Waals surface area contributed by atoms with Gasteiger partial charge in [0.1, 0.15) is 17.3 Å². The quantitative estimate of drug-likeness (QED) is 0.625. The zero-order chi connectivity index (χ0) is 18.5. The van der Waals surface area contributed by atoms with Gasteiger partial charge in [-0.05, 0) is 36.4 Å². The Balaban J connectivity index is 1.70. The summed E-state index contributed by atoms with van der Waals surface area (Å²) in [6.45, 7) is -0.207. The van der Waals surface area contributed by atoms with E-state index in [4.69, 9.17) is 18.7 Å². The van der Waals surface area contributed by atoms with E-state index in [1.54, 1.807) is 25.3 Å². The summed E-state index contributed by atoms with van der Waals surface area (Å²) in [6.07, 6.45) is 0. The first-order chi connectivity index (χ1) is 12.6. The number of halogens is 1. The molecule has 0 unspecified atom stereocenters. The minimum absolute atomic E-state index is 0.119. The molecule has 7 nitrogen and oxygen atoms in total. The third-order valence-electron chi connectivity index (χ3n) is 3.52. The summed E-state index contributed by atoms with van der Waals surface area (Å²) in [5, 5.41) is 3.87. The lowest BCUT2D eigenvalue weighted by molar-refractivity contribution is 0.0430. The van der Waals surface area contributed by atoms with Gasteiger partial charge in [-0.3, -0.25) is 0 Å². The highest BCUT2D eigenvalue weighted by molar-refractivity contribution is 5.89. The molecule has 0 saturated heterocycles. The lowest BCUT2D eigenvalue weighted by atomic mass is 10.2. The Morgan fingerprint density at radius 1 is 1.12 bits per heavy atom. The molecule has 0 atom stereocenters. The molecule has 0 N–H and O–H groups in total. The molecule has 134 valence electrons. The maximum atomic E-state index is 12.9. The molecule has 1 heterocycles. The van der Waals surface area contributed by atoms with Crippen LogP contribution in [0.3, 0.4) is 0 Å². The molecule has 2 aromatic carbocycles. The van der Waals surface area contributed by atoms with Crippen molar-refractivity contribution in [2.45, 2.75) is 6.61 Å². The normalized spacial score (nSPS) is 10.4. The summed E-state index contributed by atoms with van der Waals surface area (Å²) in [5.41, 5.74) is 0.830. The second-order valence-corrected chi connectivity index (χ2v) is 5.16. The third-order valence-corrected chi connectivity index (χ3v) is 3.52. The van der Waals surface area contributed by atoms with Crippen molar-refractivity contribution in [3.8, 4) is 22.9 Å². The Bertz CT molecular complexity index is 908. The zero-order valence-electron chi connectivity index (χ0n) is 14.1. The summed E-state index contributed by atoms with van der Waals surface area (Å²) in [6, 6.07) is 10.2. The second kappa shape index (κ2) is 7.64. The molecule has 3 aromatic rings. The number of hydrogen-bond acceptors (Lipinski definition) is 7. The Morgan fingerprint density at radius 3 is 2.58 bits per heavy atom. The summed E-state index contributed by atoms with van der Waals surface area (Å²) in [7, 11) is 3.07. The van der Waals surface area contributed by atoms with Crippen molar-refractivity contribution in [1.29, 1.82) is 0 Å². The van der Waals surface area contributed by atoms with Crippen LogP contribution in [-0.2, 0) is 11.3 Å². The molecule has 0 radical (unpaired) electrons. The van der Waals surface area contributed by atoms with Gasteiger partial charge >= 0.3 is 5.97 Å². The highest BCUT2D eigenvalue weighted by atomic mass is 19.1. The first-order valence-electron chi connectivity index (χ1n) is 7.58. The smallest absolute Gasteiger partial charge is 0.338 e. The fourth-order valence-electron chi connectivity index (χ4n) is 2.20. The highest BCUT2D eigenvalue weighted by Gasteiger charge is 2.16. The van der Waals surface area contributed by atoms with E-state index in [0.29, 0.717) is 17.1 Å². The van der Waals surface area contributed by atoms with E-state index in [-0.39, 0.29) is 23.9 Å². The molecule has 0 fully saturated rings. The Hall–Kier alpha value is -3.42. The molecular weight excluding hydrogens is 343 g/mol. The summed E-state index contributed by atoms with van der Waals surface area (Å²) in [4.78, 5) is 16.1. The SMILES string of the molecule is COc1ccc(-c2noc(COC(=O)c3ccc(F)cc3)n2)c(OC)c1. The number of esters is 1. The monoisotopic (exact) mass is 358 g/mol. The molecule has 0 aliphatic carbocycles. The Labute approximate surface area is 148 Å². The van der Waals surface area contributed by atoms with Crippen LogP contribution in [0.2, 0.25) is 0 Å². The van der Waals surface area contributed by atoms with Crippen LogP contribution in [0.4, 0.5) is 4.39 Å². The molecule has 0 saturated carbocycles. The van der Waals surface area contributed by atoms with E-state index in [1.165, 1.54) is 31.4 Å². The average molecular weight is 358 g/mol. The van der Waals surface area contributed by atoms with Gasteiger partial charge in [0.05, 0.1) is 25.3 Å². The van der Waals surface area contributed by atoms with Gasteiger partial charge < -0.3 is 18.7 Å². The van der Waals surface area contributed by atoms with Gasteiger partial charge in [0, 0.05) is 6.07 Å². The van der Waals surface area contributed by atoms with Gasteiger partial charge in [0.2, 0.25) is 5.82 Å². The van der Waals surface area contributed by atoms with Crippen molar-refractivity contribution >= 4 is 5.97 Å². The number of benzene rings is 2. The van der Waals surface area contributed by atoms with Gasteiger partial charge in [-0.1, -0.05) is 5.16 Å². The molecule has 3 rings (SSSR count). The van der Waals surface area contributed by atoms with Crippen LogP contribution in [0.5, 0.6) is 11.5 Å². The molecule has 0 aliphatic heterocycles. The van der Waals surface area contributed by atoms with Gasteiger partial charge in [-0.2, -0.15) is 4.98 Å². The molecule has 1 aromatic heterocycles. The van der Waals surface area contributed by atoms with Gasteiger partial charge in [0.25, 0.3) is 5.89 Å². The van der Waals surface area contributed by atoms with E-state index in [0.717, 1.165) is 0 Å². The largest absolute Gasteiger partial charge is 0.497 e. The second-order valence-electron chi connectivity index (χ2n) is 5.16. The van der Waals surface area contributed by atoms with Crippen molar-refractivity contribution < 1.29 is 27.9 Å². The highest BCUT2D eigenvalue weighted by Crippen LogP contribution is 2.31. The number of rotatable bonds is 6. The van der Waals surface area contributed by atoms with Crippen molar-refractivity contribution in [3.05, 3.63) is 59.7 Å². The van der Waals surface area contributed by atoms with Crippen LogP contribution in [0.1, 0.15) is 16.2 Å². The Morgan fingerprint density at radius 2 is 1.88 bits per heavy atom. The van der Waals surface area contributed by atoms with Crippen LogP contribution in [0, 0.1) is 5.82 Å². The van der Waals surface area contributed by atoms with Crippen molar-refractivity contribution in [1.82, 2.24) is 10.1 Å². The summed E-state index contributed by atoms with van der Waals surface area (Å²) >= 11 is 0. The fourth-order valence-corrected chi connectivity index (χ4v) is 2.20. The number of methoxy groups -OCH3 is 2. The van der Waals surface area contributed by atoms with Gasteiger partial charge in [-0.15, -0.1) is 0 Å². The first kappa shape index (κ1) is 17.4. The number of carbonyl (C=O) groups excluding carboxylic acids is 1. The number of carbonyl (C=O) groups is 1. The average Bonchev–Trinajstić information content (AvgIpc) is 3.15. The van der Waals surface area contributed by atoms with Crippen LogP contribution >= 0.6 is 0 Å². The number of aromatic nitrogens is 2. The molecule has 8 heteroatoms. The van der Waals surface area contributed by atoms with Gasteiger partial charge in [-0.25, -0.2) is 9.18 Å². The fraction of sp³-hybridized carbons (Fsp3) is 0.167. The molecule has 26 heavy (non-hydrogen) atoms. The molecule has 0 spiro atoms. The predicted molar refractivity (Wildman–Crippen MR) is 88.4 cm³/mol. The number of nitrogens with zero attached hydrogens (tertiary/aromatic N) is 2. The summed E-state index contributed by atoms with van der Waals surface area (Å²) in [5.74, 6) is 0.497. The molecule has 0 aliphatic rings.